The van der Waals surface area contributed by atoms with Crippen molar-refractivity contribution in [3.63, 3.8) is 0 Å². The fourth-order valence-corrected chi connectivity index (χ4v) is 6.45. The molecule has 0 spiro atoms. The molecule has 1 amide bonds. The number of hydrogen-bond donors (Lipinski definition) is 3. The Morgan fingerprint density at radius 3 is 2.56 bits per heavy atom. The zero-order valence-electron chi connectivity index (χ0n) is 17.5. The third-order valence-electron chi connectivity index (χ3n) is 5.16. The third-order valence-corrected chi connectivity index (χ3v) is 8.18. The molecule has 4 aromatic rings. The molecule has 0 aliphatic heterocycles. The molecule has 4 rings (SSSR count). The Kier molecular flexibility index (Phi) is 5.99. The number of rotatable bonds is 6. The summed E-state index contributed by atoms with van der Waals surface area (Å²) in [7, 11) is -4.01. The smallest absolute Gasteiger partial charge is 0.267 e. The summed E-state index contributed by atoms with van der Waals surface area (Å²) in [6.07, 6.45) is 0. The fourth-order valence-electron chi connectivity index (χ4n) is 3.56. The predicted molar refractivity (Wildman–Crippen MR) is 127 cm³/mol. The van der Waals surface area contributed by atoms with Crippen LogP contribution < -0.4 is 10.0 Å². The number of benzene rings is 2. The summed E-state index contributed by atoms with van der Waals surface area (Å²) < 4.78 is 36.8. The zero-order chi connectivity index (χ0) is 23.0. The van der Waals surface area contributed by atoms with Crippen LogP contribution in [0.4, 0.5) is 11.4 Å². The molecule has 11 heteroatoms. The molecule has 166 valence electrons. The van der Waals surface area contributed by atoms with Gasteiger partial charge in [-0.2, -0.15) is 8.75 Å². The van der Waals surface area contributed by atoms with Crippen molar-refractivity contribution in [2.24, 2.45) is 0 Å². The average Bonchev–Trinajstić information content (AvgIpc) is 3.40. The molecule has 0 radical (unpaired) electrons. The molecule has 0 fully saturated rings. The number of aliphatic hydroxyl groups is 1. The first kappa shape index (κ1) is 22.3. The average molecular weight is 489 g/mol. The zero-order valence-corrected chi connectivity index (χ0v) is 19.9. The van der Waals surface area contributed by atoms with Crippen LogP contribution in [0.2, 0.25) is 0 Å². The van der Waals surface area contributed by atoms with Gasteiger partial charge in [0.2, 0.25) is 0 Å². The van der Waals surface area contributed by atoms with Crippen molar-refractivity contribution in [2.45, 2.75) is 32.3 Å². The molecule has 0 unspecified atom stereocenters. The van der Waals surface area contributed by atoms with Gasteiger partial charge in [-0.25, -0.2) is 8.42 Å². The van der Waals surface area contributed by atoms with Crippen LogP contribution in [0.15, 0.2) is 40.6 Å². The van der Waals surface area contributed by atoms with Crippen LogP contribution in [0, 0.1) is 20.8 Å². The lowest BCUT2D eigenvalue weighted by molar-refractivity contribution is 0.102. The highest BCUT2D eigenvalue weighted by atomic mass is 32.2. The number of sulfonamides is 1. The lowest BCUT2D eigenvalue weighted by Gasteiger charge is -2.17. The van der Waals surface area contributed by atoms with Gasteiger partial charge in [-0.05, 0) is 72.7 Å². The number of aromatic nitrogens is 2. The van der Waals surface area contributed by atoms with Gasteiger partial charge in [0.1, 0.15) is 20.8 Å². The third kappa shape index (κ3) is 4.11. The largest absolute Gasteiger partial charge is 0.392 e. The first-order chi connectivity index (χ1) is 15.2. The van der Waals surface area contributed by atoms with Crippen LogP contribution in [-0.4, -0.2) is 28.2 Å². The maximum absolute atomic E-state index is 13.1. The van der Waals surface area contributed by atoms with E-state index in [1.165, 1.54) is 6.07 Å². The molecule has 32 heavy (non-hydrogen) atoms. The van der Waals surface area contributed by atoms with Gasteiger partial charge < -0.3 is 10.4 Å². The topological polar surface area (TPSA) is 121 Å². The summed E-state index contributed by atoms with van der Waals surface area (Å²) in [6.45, 7) is 5.42. The molecule has 0 aliphatic carbocycles. The fraction of sp³-hybridized carbons (Fsp3) is 0.190. The molecular weight excluding hydrogens is 468 g/mol. The number of carbonyl (C=O) groups excluding carboxylic acids is 1. The number of aryl methyl sites for hydroxylation is 2. The van der Waals surface area contributed by atoms with Crippen molar-refractivity contribution < 1.29 is 18.3 Å². The summed E-state index contributed by atoms with van der Waals surface area (Å²) in [4.78, 5) is 13.0. The molecule has 0 atom stereocenters. The minimum Gasteiger partial charge on any atom is -0.392 e. The van der Waals surface area contributed by atoms with Crippen LogP contribution in [0.1, 0.15) is 31.9 Å². The van der Waals surface area contributed by atoms with Crippen LogP contribution in [0.5, 0.6) is 0 Å². The lowest BCUT2D eigenvalue weighted by Crippen LogP contribution is -2.19. The Morgan fingerprint density at radius 2 is 1.81 bits per heavy atom. The van der Waals surface area contributed by atoms with Crippen LogP contribution in [-0.2, 0) is 16.6 Å². The van der Waals surface area contributed by atoms with Gasteiger partial charge >= 0.3 is 0 Å². The van der Waals surface area contributed by atoms with E-state index in [-0.39, 0.29) is 16.4 Å². The normalized spacial score (nSPS) is 11.6. The second-order valence-corrected chi connectivity index (χ2v) is 10.4. The number of anilines is 2. The minimum absolute atomic E-state index is 0.0684. The van der Waals surface area contributed by atoms with Crippen molar-refractivity contribution in [2.75, 3.05) is 10.0 Å². The van der Waals surface area contributed by atoms with Gasteiger partial charge in [-0.1, -0.05) is 6.07 Å². The van der Waals surface area contributed by atoms with E-state index >= 15 is 0 Å². The van der Waals surface area contributed by atoms with Crippen molar-refractivity contribution in [3.05, 3.63) is 62.8 Å². The van der Waals surface area contributed by atoms with Crippen molar-refractivity contribution in [1.82, 2.24) is 8.75 Å². The van der Waals surface area contributed by atoms with Gasteiger partial charge in [0.15, 0.2) is 0 Å². The van der Waals surface area contributed by atoms with Gasteiger partial charge in [0.25, 0.3) is 15.9 Å². The first-order valence-electron chi connectivity index (χ1n) is 9.56. The van der Waals surface area contributed by atoms with E-state index in [0.29, 0.717) is 22.4 Å². The Hall–Kier alpha value is -2.86. The van der Waals surface area contributed by atoms with Crippen molar-refractivity contribution in [1.29, 1.82) is 0 Å². The van der Waals surface area contributed by atoms with Gasteiger partial charge in [0.05, 0.1) is 24.0 Å². The molecular formula is C21H20N4O4S3. The Labute approximate surface area is 193 Å². The lowest BCUT2D eigenvalue weighted by atomic mass is 9.97. The summed E-state index contributed by atoms with van der Waals surface area (Å²) in [5.41, 5.74) is 5.41. The maximum Gasteiger partial charge on any atom is 0.267 e. The summed E-state index contributed by atoms with van der Waals surface area (Å²) in [5, 5.41) is 14.1. The standard InChI is InChI=1S/C21H20N4O4S3/c1-11-8-12(2)19(13(3)15(11)10-26)22-21(27)20-18(6-7-30-20)32(28,29)25-14-4-5-16-17(9-14)24-31-23-16/h4-9,25-26H,10H2,1-3H3,(H,22,27). The molecule has 0 saturated heterocycles. The SMILES string of the molecule is Cc1cc(C)c(NC(=O)c2sccc2S(=O)(=O)Nc2ccc3nsnc3c2)c(C)c1CO. The van der Waals surface area contributed by atoms with Gasteiger partial charge in [-0.15, -0.1) is 11.3 Å². The highest BCUT2D eigenvalue weighted by Crippen LogP contribution is 2.30. The summed E-state index contributed by atoms with van der Waals surface area (Å²) in [6, 6.07) is 8.16. The predicted octanol–water partition coefficient (Wildman–Crippen LogP) is 4.22. The van der Waals surface area contributed by atoms with E-state index in [0.717, 1.165) is 45.3 Å². The molecule has 0 bridgehead atoms. The van der Waals surface area contributed by atoms with Crippen molar-refractivity contribution in [3.8, 4) is 0 Å². The number of aliphatic hydroxyl groups excluding tert-OH is 1. The van der Waals surface area contributed by atoms with E-state index in [1.54, 1.807) is 23.6 Å². The van der Waals surface area contributed by atoms with Crippen molar-refractivity contribution >= 4 is 61.4 Å². The number of thiophene rings is 1. The Morgan fingerprint density at radius 1 is 1.06 bits per heavy atom. The van der Waals surface area contributed by atoms with Gasteiger partial charge in [0, 0.05) is 5.69 Å². The van der Waals surface area contributed by atoms with E-state index < -0.39 is 15.9 Å². The van der Waals surface area contributed by atoms with E-state index in [1.807, 2.05) is 26.8 Å². The monoisotopic (exact) mass is 488 g/mol. The number of hydrogen-bond acceptors (Lipinski definition) is 8. The maximum atomic E-state index is 13.1. The van der Waals surface area contributed by atoms with E-state index in [2.05, 4.69) is 18.8 Å². The molecule has 8 nitrogen and oxygen atoms in total. The van der Waals surface area contributed by atoms with Crippen LogP contribution in [0.3, 0.4) is 0 Å². The molecule has 2 heterocycles. The minimum atomic E-state index is -4.01. The highest BCUT2D eigenvalue weighted by Gasteiger charge is 2.25. The molecule has 2 aromatic carbocycles. The van der Waals surface area contributed by atoms with Crippen LogP contribution in [0.25, 0.3) is 11.0 Å². The second-order valence-electron chi connectivity index (χ2n) is 7.29. The number of fused-ring (bicyclic) bond motifs is 1. The number of carbonyl (C=O) groups is 1. The summed E-state index contributed by atoms with van der Waals surface area (Å²) >= 11 is 2.09. The Bertz CT molecular complexity index is 1440. The molecule has 3 N–H and O–H groups in total. The first-order valence-corrected chi connectivity index (χ1v) is 12.6. The molecule has 0 saturated carbocycles. The molecule has 2 aromatic heterocycles. The van der Waals surface area contributed by atoms with E-state index in [9.17, 15) is 18.3 Å². The number of nitrogens with zero attached hydrogens (tertiary/aromatic N) is 2. The number of nitrogens with one attached hydrogen (secondary N) is 2. The number of amides is 1. The summed E-state index contributed by atoms with van der Waals surface area (Å²) in [5.74, 6) is -0.529. The Balaban J connectivity index is 1.64. The molecule has 0 aliphatic rings. The van der Waals surface area contributed by atoms with Gasteiger partial charge in [-0.3, -0.25) is 9.52 Å². The quantitative estimate of drug-likeness (QED) is 0.374. The highest BCUT2D eigenvalue weighted by molar-refractivity contribution is 7.93. The second kappa shape index (κ2) is 8.58. The van der Waals surface area contributed by atoms with Crippen LogP contribution >= 0.6 is 23.1 Å². The van der Waals surface area contributed by atoms with E-state index in [4.69, 9.17) is 0 Å².